The molecule has 1 saturated heterocycles. The molecular weight excluding hydrogens is 246 g/mol. The summed E-state index contributed by atoms with van der Waals surface area (Å²) in [5.74, 6) is 1.44. The topological polar surface area (TPSA) is 74.1 Å². The van der Waals surface area contributed by atoms with Gasteiger partial charge in [-0.25, -0.2) is 4.68 Å². The lowest BCUT2D eigenvalue weighted by molar-refractivity contribution is -0.0951. The number of nitrogens with one attached hydrogen (secondary N) is 1. The van der Waals surface area contributed by atoms with Crippen molar-refractivity contribution in [3.05, 3.63) is 5.82 Å². The van der Waals surface area contributed by atoms with Gasteiger partial charge in [-0.1, -0.05) is 13.8 Å². The molecule has 19 heavy (non-hydrogen) atoms. The van der Waals surface area contributed by atoms with Crippen LogP contribution in [0, 0.1) is 5.92 Å². The lowest BCUT2D eigenvalue weighted by atomic mass is 10.2. The standard InChI is InChI=1S/C12H23N5O2/c1-9(2)6-13-10(3)12-14-15-16-17(12)7-11-8-18-4-5-19-11/h9-11,13H,4-8H2,1-3H3. The van der Waals surface area contributed by atoms with E-state index in [0.29, 0.717) is 32.3 Å². The number of ether oxygens (including phenoxy) is 2. The number of tetrazole rings is 1. The SMILES string of the molecule is CC(C)CNC(C)c1nnnn1CC1COCCO1. The van der Waals surface area contributed by atoms with Crippen LogP contribution in [0.3, 0.4) is 0 Å². The van der Waals surface area contributed by atoms with Crippen molar-refractivity contribution in [1.29, 1.82) is 0 Å². The van der Waals surface area contributed by atoms with Crippen molar-refractivity contribution in [2.45, 2.75) is 39.5 Å². The molecule has 1 aromatic rings. The summed E-state index contributed by atoms with van der Waals surface area (Å²) in [6.07, 6.45) is 0.0355. The van der Waals surface area contributed by atoms with Gasteiger partial charge in [0, 0.05) is 0 Å². The first-order chi connectivity index (χ1) is 9.16. The lowest BCUT2D eigenvalue weighted by Crippen LogP contribution is -2.34. The summed E-state index contributed by atoms with van der Waals surface area (Å²) in [7, 11) is 0. The Morgan fingerprint density at radius 2 is 2.21 bits per heavy atom. The van der Waals surface area contributed by atoms with Crippen molar-refractivity contribution in [2.75, 3.05) is 26.4 Å². The largest absolute Gasteiger partial charge is 0.376 e. The van der Waals surface area contributed by atoms with Crippen molar-refractivity contribution in [3.63, 3.8) is 0 Å². The Bertz CT molecular complexity index is 376. The Hall–Kier alpha value is -1.05. The van der Waals surface area contributed by atoms with Crippen LogP contribution in [0.15, 0.2) is 0 Å². The molecule has 108 valence electrons. The van der Waals surface area contributed by atoms with E-state index in [-0.39, 0.29) is 12.1 Å². The second-order valence-corrected chi connectivity index (χ2v) is 5.31. The molecule has 0 bridgehead atoms. The van der Waals surface area contributed by atoms with Gasteiger partial charge in [-0.3, -0.25) is 0 Å². The fourth-order valence-corrected chi connectivity index (χ4v) is 1.99. The number of hydrogen-bond donors (Lipinski definition) is 1. The predicted molar refractivity (Wildman–Crippen MR) is 69.6 cm³/mol. The van der Waals surface area contributed by atoms with Crippen molar-refractivity contribution < 1.29 is 9.47 Å². The fourth-order valence-electron chi connectivity index (χ4n) is 1.99. The summed E-state index contributed by atoms with van der Waals surface area (Å²) in [6.45, 7) is 9.92. The van der Waals surface area contributed by atoms with Gasteiger partial charge in [0.1, 0.15) is 6.10 Å². The summed E-state index contributed by atoms with van der Waals surface area (Å²) in [5, 5.41) is 15.3. The van der Waals surface area contributed by atoms with Crippen molar-refractivity contribution in [1.82, 2.24) is 25.5 Å². The van der Waals surface area contributed by atoms with Crippen LogP contribution in [-0.4, -0.2) is 52.7 Å². The highest BCUT2D eigenvalue weighted by Crippen LogP contribution is 2.11. The quantitative estimate of drug-likeness (QED) is 0.805. The monoisotopic (exact) mass is 269 g/mol. The van der Waals surface area contributed by atoms with E-state index in [2.05, 4.69) is 41.6 Å². The first kappa shape index (κ1) is 14.4. The van der Waals surface area contributed by atoms with Crippen molar-refractivity contribution >= 4 is 0 Å². The zero-order valence-corrected chi connectivity index (χ0v) is 11.9. The van der Waals surface area contributed by atoms with Crippen LogP contribution >= 0.6 is 0 Å². The Balaban J connectivity index is 1.92. The van der Waals surface area contributed by atoms with Crippen LogP contribution in [0.5, 0.6) is 0 Å². The Morgan fingerprint density at radius 3 is 2.89 bits per heavy atom. The number of aromatic nitrogens is 4. The molecule has 0 radical (unpaired) electrons. The molecular formula is C12H23N5O2. The van der Waals surface area contributed by atoms with Crippen LogP contribution < -0.4 is 5.32 Å². The summed E-state index contributed by atoms with van der Waals surface area (Å²) < 4.78 is 12.8. The zero-order valence-electron chi connectivity index (χ0n) is 11.9. The van der Waals surface area contributed by atoms with Crippen LogP contribution in [-0.2, 0) is 16.0 Å². The van der Waals surface area contributed by atoms with E-state index in [4.69, 9.17) is 9.47 Å². The molecule has 1 aliphatic heterocycles. The molecule has 0 amide bonds. The fraction of sp³-hybridized carbons (Fsp3) is 0.917. The van der Waals surface area contributed by atoms with Gasteiger partial charge in [-0.15, -0.1) is 5.10 Å². The third kappa shape index (κ3) is 4.22. The zero-order chi connectivity index (χ0) is 13.7. The number of nitrogens with zero attached hydrogens (tertiary/aromatic N) is 4. The molecule has 7 nitrogen and oxygen atoms in total. The second kappa shape index (κ2) is 6.93. The van der Waals surface area contributed by atoms with Crippen LogP contribution in [0.1, 0.15) is 32.6 Å². The molecule has 1 aliphatic rings. The molecule has 0 spiro atoms. The smallest absolute Gasteiger partial charge is 0.168 e. The maximum absolute atomic E-state index is 5.62. The molecule has 1 fully saturated rings. The van der Waals surface area contributed by atoms with Crippen LogP contribution in [0.2, 0.25) is 0 Å². The normalized spacial score (nSPS) is 21.8. The van der Waals surface area contributed by atoms with Crippen molar-refractivity contribution in [2.24, 2.45) is 5.92 Å². The highest BCUT2D eigenvalue weighted by Gasteiger charge is 2.20. The lowest BCUT2D eigenvalue weighted by Gasteiger charge is -2.23. The summed E-state index contributed by atoms with van der Waals surface area (Å²) in [5.41, 5.74) is 0. The van der Waals surface area contributed by atoms with E-state index in [1.807, 2.05) is 0 Å². The van der Waals surface area contributed by atoms with Gasteiger partial charge in [-0.05, 0) is 29.8 Å². The van der Waals surface area contributed by atoms with Gasteiger partial charge in [0.25, 0.3) is 0 Å². The van der Waals surface area contributed by atoms with E-state index < -0.39 is 0 Å². The van der Waals surface area contributed by atoms with E-state index in [9.17, 15) is 0 Å². The molecule has 1 N–H and O–H groups in total. The minimum atomic E-state index is 0.0355. The Labute approximate surface area is 113 Å². The molecule has 2 unspecified atom stereocenters. The van der Waals surface area contributed by atoms with E-state index >= 15 is 0 Å². The first-order valence-corrected chi connectivity index (χ1v) is 6.85. The molecule has 7 heteroatoms. The van der Waals surface area contributed by atoms with Gasteiger partial charge in [-0.2, -0.15) is 0 Å². The van der Waals surface area contributed by atoms with E-state index in [1.165, 1.54) is 0 Å². The van der Waals surface area contributed by atoms with Crippen molar-refractivity contribution in [3.8, 4) is 0 Å². The van der Waals surface area contributed by atoms with E-state index in [0.717, 1.165) is 12.4 Å². The summed E-state index contributed by atoms with van der Waals surface area (Å²) >= 11 is 0. The minimum Gasteiger partial charge on any atom is -0.376 e. The third-order valence-corrected chi connectivity index (χ3v) is 3.04. The second-order valence-electron chi connectivity index (χ2n) is 5.31. The summed E-state index contributed by atoms with van der Waals surface area (Å²) in [4.78, 5) is 0. The third-order valence-electron chi connectivity index (χ3n) is 3.04. The van der Waals surface area contributed by atoms with Crippen LogP contribution in [0.4, 0.5) is 0 Å². The number of rotatable bonds is 6. The minimum absolute atomic E-state index is 0.0355. The molecule has 0 saturated carbocycles. The molecule has 1 aromatic heterocycles. The Morgan fingerprint density at radius 1 is 1.37 bits per heavy atom. The average molecular weight is 269 g/mol. The first-order valence-electron chi connectivity index (χ1n) is 6.85. The van der Waals surface area contributed by atoms with Gasteiger partial charge >= 0.3 is 0 Å². The molecule has 2 rings (SSSR count). The molecule has 2 atom stereocenters. The maximum Gasteiger partial charge on any atom is 0.168 e. The van der Waals surface area contributed by atoms with E-state index in [1.54, 1.807) is 4.68 Å². The van der Waals surface area contributed by atoms with Gasteiger partial charge in [0.2, 0.25) is 0 Å². The highest BCUT2D eigenvalue weighted by atomic mass is 16.6. The van der Waals surface area contributed by atoms with Gasteiger partial charge < -0.3 is 14.8 Å². The highest BCUT2D eigenvalue weighted by molar-refractivity contribution is 4.90. The predicted octanol–water partition coefficient (Wildman–Crippen LogP) is 0.395. The van der Waals surface area contributed by atoms with Gasteiger partial charge in [0.15, 0.2) is 5.82 Å². The molecule has 0 aliphatic carbocycles. The van der Waals surface area contributed by atoms with Gasteiger partial charge in [0.05, 0.1) is 32.4 Å². The molecule has 0 aromatic carbocycles. The number of hydrogen-bond acceptors (Lipinski definition) is 6. The maximum atomic E-state index is 5.62. The van der Waals surface area contributed by atoms with Crippen LogP contribution in [0.25, 0.3) is 0 Å². The summed E-state index contributed by atoms with van der Waals surface area (Å²) in [6, 6.07) is 0.127. The molecule has 2 heterocycles. The average Bonchev–Trinajstić information content (AvgIpc) is 2.85. The Kier molecular flexibility index (Phi) is 5.24.